The van der Waals surface area contributed by atoms with Gasteiger partial charge in [-0.25, -0.2) is 45.6 Å². The molecule has 0 saturated carbocycles. The number of rotatable bonds is 14. The van der Waals surface area contributed by atoms with Crippen molar-refractivity contribution in [2.24, 2.45) is 0 Å². The molecule has 1 aliphatic carbocycles. The molecule has 0 atom stereocenters. The Morgan fingerprint density at radius 3 is 1.83 bits per heavy atom. The van der Waals surface area contributed by atoms with Gasteiger partial charge < -0.3 is 39.1 Å². The molecule has 32 heteroatoms. The first-order chi connectivity index (χ1) is 46.3. The fourth-order valence-electron chi connectivity index (χ4n) is 11.0. The molecule has 6 aromatic heterocycles. The Morgan fingerprint density at radius 1 is 0.667 bits per heavy atom. The maximum atomic E-state index is 13.7. The van der Waals surface area contributed by atoms with Crippen molar-refractivity contribution in [1.29, 1.82) is 0 Å². The van der Waals surface area contributed by atoms with E-state index in [1.54, 1.807) is 80.4 Å². The second-order valence-electron chi connectivity index (χ2n) is 24.0. The summed E-state index contributed by atoms with van der Waals surface area (Å²) in [7, 11) is 0.784. The van der Waals surface area contributed by atoms with Crippen LogP contribution in [0.15, 0.2) is 106 Å². The minimum absolute atomic E-state index is 0. The highest BCUT2D eigenvalue weighted by Crippen LogP contribution is 2.47. The van der Waals surface area contributed by atoms with Crippen LogP contribution in [0.4, 0.5) is 26.0 Å². The molecule has 1 saturated heterocycles. The number of anilines is 3. The third-order valence-electron chi connectivity index (χ3n) is 17.1. The summed E-state index contributed by atoms with van der Waals surface area (Å²) >= 11 is 7.77. The van der Waals surface area contributed by atoms with Gasteiger partial charge in [-0.3, -0.25) is 27.8 Å². The summed E-state index contributed by atoms with van der Waals surface area (Å²) in [5.74, 6) is 0.128. The average molecular weight is 1620 g/mol. The van der Waals surface area contributed by atoms with Crippen molar-refractivity contribution in [3.8, 4) is 65.8 Å². The van der Waals surface area contributed by atoms with Gasteiger partial charge in [0.05, 0.1) is 82.1 Å². The summed E-state index contributed by atoms with van der Waals surface area (Å²) < 4.78 is 111. The quantitative estimate of drug-likeness (QED) is 0.0674. The first-order valence-electron chi connectivity index (χ1n) is 30.3. The zero-order valence-electron chi connectivity index (χ0n) is 55.4. The molecule has 518 valence electrons. The van der Waals surface area contributed by atoms with Gasteiger partial charge in [-0.05, 0) is 123 Å². The van der Waals surface area contributed by atoms with Crippen molar-refractivity contribution in [3.05, 3.63) is 140 Å². The number of pyridine rings is 2. The standard InChI is InChI=1S/C30H26FN5O6S2.C24H28BFN2O5S2.C13H11BrN2O2S.HI/c1-32-28(38)25-19-12-18(16-11-20(29(41-3)33-14-16)30-35-27-23(43-30)9-10-24(37)34-27)21(36(2)44(4,39)40)13-22(19)42-26(25)15-5-7-17(31)8-6-15;1-23(2)24(3,4)33-25(32-23)17-12-16-19(13-18(17)28(6)35(7,30)31)34-21(20(16)22(29)27-5)14-8-10-15(26)11-9-14;1-18-12-9(4-7(14)6-15-12)13-16-10-5-8(17)2-3-11(10)19-13;/h5-8,11-14H,9-10H2,1-4H3,(H,32,38)(H,34,37);8-13H,1-7H3,(H,27,29);4,6H,2-3,5H2,1H3;1H. The molecule has 3 aliphatic rings. The van der Waals surface area contributed by atoms with E-state index in [9.17, 15) is 44.8 Å². The van der Waals surface area contributed by atoms with Crippen LogP contribution in [-0.4, -0.2) is 134 Å². The largest absolute Gasteiger partial charge is 0.497 e. The van der Waals surface area contributed by atoms with Crippen molar-refractivity contribution in [3.63, 3.8) is 0 Å². The molecule has 4 aromatic carbocycles. The molecule has 3 N–H and O–H groups in total. The van der Waals surface area contributed by atoms with Crippen molar-refractivity contribution < 1.29 is 68.0 Å². The van der Waals surface area contributed by atoms with Gasteiger partial charge in [-0.2, -0.15) is 0 Å². The number of Topliss-reactive ketones (excluding diaryl/α,β-unsaturated/α-hetero) is 1. The summed E-state index contributed by atoms with van der Waals surface area (Å²) in [5, 5.41) is 10.6. The van der Waals surface area contributed by atoms with E-state index in [2.05, 4.69) is 51.8 Å². The second-order valence-corrected chi connectivity index (χ2v) is 32.2. The molecule has 13 rings (SSSR count). The summed E-state index contributed by atoms with van der Waals surface area (Å²) in [6, 6.07) is 21.9. The van der Waals surface area contributed by atoms with E-state index in [-0.39, 0.29) is 70.0 Å². The van der Waals surface area contributed by atoms with Crippen LogP contribution in [0, 0.1) is 11.6 Å². The molecule has 0 bridgehead atoms. The number of fused-ring (bicyclic) bond motifs is 4. The average Bonchev–Trinajstić information content (AvgIpc) is 1.63. The van der Waals surface area contributed by atoms with Gasteiger partial charge in [0.2, 0.25) is 37.7 Å². The van der Waals surface area contributed by atoms with Crippen LogP contribution in [-0.2, 0) is 58.2 Å². The lowest BCUT2D eigenvalue weighted by Gasteiger charge is -2.32. The van der Waals surface area contributed by atoms with Gasteiger partial charge in [0.25, 0.3) is 11.8 Å². The van der Waals surface area contributed by atoms with Gasteiger partial charge >= 0.3 is 7.12 Å². The molecule has 0 radical (unpaired) electrons. The Kier molecular flexibility index (Phi) is 21.7. The smallest absolute Gasteiger partial charge is 0.480 e. The number of methoxy groups -OCH3 is 2. The molecule has 0 unspecified atom stereocenters. The number of amides is 3. The number of aromatic nitrogens is 4. The number of ketones is 1. The Morgan fingerprint density at radius 2 is 1.22 bits per heavy atom. The number of thiazole rings is 2. The fourth-order valence-corrected chi connectivity index (χ4v) is 15.7. The van der Waals surface area contributed by atoms with Gasteiger partial charge in [0.15, 0.2) is 0 Å². The summed E-state index contributed by atoms with van der Waals surface area (Å²) in [6.45, 7) is 7.66. The zero-order chi connectivity index (χ0) is 70.7. The summed E-state index contributed by atoms with van der Waals surface area (Å²) in [6.07, 6.45) is 8.25. The third-order valence-corrected chi connectivity index (χ3v) is 23.4. The highest BCUT2D eigenvalue weighted by Gasteiger charge is 2.53. The molecule has 1 fully saturated rings. The number of halogens is 4. The van der Waals surface area contributed by atoms with Crippen LogP contribution in [0.1, 0.15) is 76.7 Å². The number of aryl methyl sites for hydroxylation is 2. The maximum Gasteiger partial charge on any atom is 0.497 e. The van der Waals surface area contributed by atoms with E-state index in [0.29, 0.717) is 113 Å². The Balaban J connectivity index is 0.000000172. The predicted octanol–water partition coefficient (Wildman–Crippen LogP) is 12.5. The molecule has 3 amide bonds. The van der Waals surface area contributed by atoms with E-state index in [4.69, 9.17) is 23.2 Å². The number of sulfonamides is 2. The number of carbonyl (C=O) groups is 4. The zero-order valence-corrected chi connectivity index (χ0v) is 63.4. The van der Waals surface area contributed by atoms with E-state index in [1.165, 1.54) is 96.5 Å². The molecule has 10 aromatic rings. The highest BCUT2D eigenvalue weighted by atomic mass is 127. The molecule has 0 spiro atoms. The lowest BCUT2D eigenvalue weighted by Crippen LogP contribution is -2.41. The SMILES string of the molecule is CNC(=O)c1c(-c2ccc(F)cc2)oc2cc(N(C)S(C)(=O)=O)c(-c3cnc(OC)c(-c4nc5c(s4)CCC(=O)N5)c3)cc12.CNC(=O)c1c(-c2ccc(F)cc2)sc2cc(N(C)S(C)(=O)=O)c(B3OC(C)(C)C(C)(C)O3)cc12.COc1ncc(Br)cc1-c1nc2c(s1)CCC(=O)C2.I. The van der Waals surface area contributed by atoms with Crippen molar-refractivity contribution >= 4 is 168 Å². The van der Waals surface area contributed by atoms with Gasteiger partial charge in [0.1, 0.15) is 44.6 Å². The van der Waals surface area contributed by atoms with Crippen LogP contribution < -0.4 is 39.5 Å². The highest BCUT2D eigenvalue weighted by molar-refractivity contribution is 14.0. The third kappa shape index (κ3) is 15.1. The normalized spacial score (nSPS) is 14.6. The number of benzene rings is 4. The Bertz CT molecular complexity index is 5080. The predicted molar refractivity (Wildman–Crippen MR) is 398 cm³/mol. The van der Waals surface area contributed by atoms with E-state index in [1.807, 2.05) is 33.8 Å². The topological polar surface area (TPSA) is 281 Å². The summed E-state index contributed by atoms with van der Waals surface area (Å²) in [5.41, 5.74) is 5.16. The number of nitrogens with zero attached hydrogens (tertiary/aromatic N) is 6. The van der Waals surface area contributed by atoms with Gasteiger partial charge in [-0.1, -0.05) is 18.2 Å². The van der Waals surface area contributed by atoms with Crippen LogP contribution in [0.5, 0.6) is 11.8 Å². The molecule has 2 aliphatic heterocycles. The number of hydrogen-bond donors (Lipinski definition) is 3. The Hall–Kier alpha value is -7.83. The fraction of sp³-hybridized carbons (Fsp3) is 0.284. The van der Waals surface area contributed by atoms with Crippen molar-refractivity contribution in [2.45, 2.75) is 71.0 Å². The van der Waals surface area contributed by atoms with Gasteiger partial charge in [-0.15, -0.1) is 58.0 Å². The van der Waals surface area contributed by atoms with Crippen molar-refractivity contribution in [2.75, 3.05) is 68.8 Å². The maximum absolute atomic E-state index is 13.7. The molecular weight excluding hydrogens is 1550 g/mol. The van der Waals surface area contributed by atoms with E-state index in [0.717, 1.165) is 48.9 Å². The number of nitrogens with one attached hydrogen (secondary N) is 3. The molecule has 99 heavy (non-hydrogen) atoms. The monoisotopic (exact) mass is 1620 g/mol. The lowest BCUT2D eigenvalue weighted by molar-refractivity contribution is -0.119. The van der Waals surface area contributed by atoms with Crippen molar-refractivity contribution in [1.82, 2.24) is 30.6 Å². The van der Waals surface area contributed by atoms with Gasteiger partial charge in [0, 0.05) is 118 Å². The molecule has 8 heterocycles. The molecule has 22 nitrogen and oxygen atoms in total. The number of ether oxygens (including phenoxy) is 2. The van der Waals surface area contributed by atoms with Crippen LogP contribution in [0.2, 0.25) is 0 Å². The Labute approximate surface area is 607 Å². The first-order valence-corrected chi connectivity index (χ1v) is 37.2. The minimum atomic E-state index is -3.74. The molecular formula is C67H66BBrF2IN9O13S5. The van der Waals surface area contributed by atoms with E-state index >= 15 is 0 Å². The summed E-state index contributed by atoms with van der Waals surface area (Å²) in [4.78, 5) is 70.3. The number of hydrogen-bond acceptors (Lipinski definition) is 20. The van der Waals surface area contributed by atoms with Crippen LogP contribution in [0.3, 0.4) is 0 Å². The number of carbonyl (C=O) groups excluding carboxylic acids is 4. The van der Waals surface area contributed by atoms with Crippen LogP contribution in [0.25, 0.3) is 75.1 Å². The number of furan rings is 1. The van der Waals surface area contributed by atoms with E-state index < -0.39 is 50.1 Å². The minimum Gasteiger partial charge on any atom is -0.480 e. The number of thiophene rings is 1. The lowest BCUT2D eigenvalue weighted by atomic mass is 9.77. The van der Waals surface area contributed by atoms with Crippen LogP contribution >= 0.6 is 73.9 Å². The second kappa shape index (κ2) is 29.0. The first kappa shape index (κ1) is 73.9.